The van der Waals surface area contributed by atoms with Crippen LogP contribution in [-0.2, 0) is 29.5 Å². The number of ether oxygens (including phenoxy) is 1. The van der Waals surface area contributed by atoms with Crippen LogP contribution in [-0.4, -0.2) is 31.4 Å². The molecule has 9 heteroatoms. The van der Waals surface area contributed by atoms with E-state index in [9.17, 15) is 13.7 Å². The van der Waals surface area contributed by atoms with Crippen molar-refractivity contribution < 1.29 is 17.6 Å². The number of nitrogens with one attached hydrogen (secondary N) is 1. The minimum absolute atomic E-state index is 0.127. The number of fused-ring (bicyclic) bond motifs is 1. The topological polar surface area (TPSA) is 108 Å². The maximum atomic E-state index is 13.2. The number of sulfonamides is 1. The molecule has 4 aromatic rings. The fourth-order valence-electron chi connectivity index (χ4n) is 4.16. The first-order valence-corrected chi connectivity index (χ1v) is 12.9. The predicted octanol–water partition coefficient (Wildman–Crippen LogP) is 4.58. The highest BCUT2D eigenvalue weighted by Crippen LogP contribution is 2.29. The lowest BCUT2D eigenvalue weighted by Crippen LogP contribution is -2.35. The Hall–Kier alpha value is -4.13. The summed E-state index contributed by atoms with van der Waals surface area (Å²) in [5.74, 6) is 1.25. The first-order valence-electron chi connectivity index (χ1n) is 11.4. The molecule has 0 fully saturated rings. The van der Waals surface area contributed by atoms with Gasteiger partial charge in [0.2, 0.25) is 27.5 Å². The van der Waals surface area contributed by atoms with Gasteiger partial charge in [-0.1, -0.05) is 36.4 Å². The van der Waals surface area contributed by atoms with Gasteiger partial charge in [-0.15, -0.1) is 0 Å². The molecule has 0 unspecified atom stereocenters. The Balaban J connectivity index is 1.31. The van der Waals surface area contributed by atoms with Gasteiger partial charge in [0.25, 0.3) is 0 Å². The van der Waals surface area contributed by atoms with E-state index in [0.717, 1.165) is 16.9 Å². The molecule has 8 nitrogen and oxygen atoms in total. The molecule has 1 aliphatic rings. The fourth-order valence-corrected chi connectivity index (χ4v) is 5.58. The van der Waals surface area contributed by atoms with Crippen molar-refractivity contribution in [1.29, 1.82) is 5.26 Å². The summed E-state index contributed by atoms with van der Waals surface area (Å²) in [6.45, 7) is 1.23. The number of hydrogen-bond acceptors (Lipinski definition) is 7. The second kappa shape index (κ2) is 9.85. The quantitative estimate of drug-likeness (QED) is 0.396. The average Bonchev–Trinajstić information content (AvgIpc) is 3.35. The van der Waals surface area contributed by atoms with Crippen molar-refractivity contribution in [1.82, 2.24) is 9.29 Å². The Kier molecular flexibility index (Phi) is 6.46. The van der Waals surface area contributed by atoms with Crippen LogP contribution < -0.4 is 10.1 Å². The lowest BCUT2D eigenvalue weighted by molar-refractivity contribution is 0.391. The third-order valence-corrected chi connectivity index (χ3v) is 8.04. The molecular formula is C27H24N4O4S. The Morgan fingerprint density at radius 1 is 1.06 bits per heavy atom. The van der Waals surface area contributed by atoms with Crippen molar-refractivity contribution in [3.8, 4) is 23.3 Å². The number of anilines is 1. The third kappa shape index (κ3) is 4.69. The third-order valence-electron chi connectivity index (χ3n) is 6.18. The molecule has 0 amide bonds. The molecule has 36 heavy (non-hydrogen) atoms. The summed E-state index contributed by atoms with van der Waals surface area (Å²) in [4.78, 5) is 4.48. The normalized spacial score (nSPS) is 13.6. The van der Waals surface area contributed by atoms with E-state index in [1.165, 1.54) is 9.87 Å². The number of hydrogen-bond donors (Lipinski definition) is 1. The van der Waals surface area contributed by atoms with Crippen molar-refractivity contribution in [3.63, 3.8) is 0 Å². The molecule has 3 aromatic carbocycles. The van der Waals surface area contributed by atoms with E-state index in [1.54, 1.807) is 31.4 Å². The summed E-state index contributed by atoms with van der Waals surface area (Å²) < 4.78 is 39.0. The van der Waals surface area contributed by atoms with Crippen LogP contribution >= 0.6 is 0 Å². The van der Waals surface area contributed by atoms with E-state index in [2.05, 4.69) is 10.3 Å². The van der Waals surface area contributed by atoms with Gasteiger partial charge in [0.05, 0.1) is 12.0 Å². The number of oxazole rings is 1. The Labute approximate surface area is 209 Å². The van der Waals surface area contributed by atoms with Crippen molar-refractivity contribution in [2.45, 2.75) is 24.4 Å². The van der Waals surface area contributed by atoms with E-state index in [0.29, 0.717) is 31.6 Å². The molecule has 1 aliphatic heterocycles. The Morgan fingerprint density at radius 3 is 2.47 bits per heavy atom. The van der Waals surface area contributed by atoms with Crippen molar-refractivity contribution in [2.75, 3.05) is 19.0 Å². The van der Waals surface area contributed by atoms with Crippen LogP contribution in [0.15, 0.2) is 82.1 Å². The summed E-state index contributed by atoms with van der Waals surface area (Å²) in [5.41, 5.74) is 3.90. The van der Waals surface area contributed by atoms with Crippen LogP contribution in [0.25, 0.3) is 11.5 Å². The summed E-state index contributed by atoms with van der Waals surface area (Å²) >= 11 is 0. The molecule has 0 saturated carbocycles. The summed E-state index contributed by atoms with van der Waals surface area (Å²) in [7, 11) is -2.04. The largest absolute Gasteiger partial charge is 0.497 e. The highest BCUT2D eigenvalue weighted by molar-refractivity contribution is 7.89. The van der Waals surface area contributed by atoms with Crippen molar-refractivity contribution in [3.05, 3.63) is 95.2 Å². The SMILES string of the molecule is COc1ccc(CNc2oc(-c3ccc(S(=O)(=O)N4CCc5ccccc5C4)cc3)nc2C#N)cc1. The molecule has 0 aliphatic carbocycles. The Bertz CT molecular complexity index is 1520. The molecule has 0 spiro atoms. The standard InChI is InChI=1S/C27H24N4O4S/c1-34-23-10-6-19(7-11-23)17-29-27-25(16-28)30-26(35-27)21-8-12-24(13-9-21)36(32,33)31-15-14-20-4-2-3-5-22(20)18-31/h2-13,29H,14-15,17-18H2,1H3. The summed E-state index contributed by atoms with van der Waals surface area (Å²) in [6.07, 6.45) is 0.688. The number of methoxy groups -OCH3 is 1. The molecule has 0 bridgehead atoms. The summed E-state index contributed by atoms with van der Waals surface area (Å²) in [5, 5.41) is 12.6. The Morgan fingerprint density at radius 2 is 1.78 bits per heavy atom. The maximum Gasteiger partial charge on any atom is 0.243 e. The van der Waals surface area contributed by atoms with Gasteiger partial charge in [-0.3, -0.25) is 0 Å². The zero-order valence-electron chi connectivity index (χ0n) is 19.6. The van der Waals surface area contributed by atoms with Crippen LogP contribution in [0.5, 0.6) is 5.75 Å². The zero-order chi connectivity index (χ0) is 25.1. The average molecular weight is 501 g/mol. The minimum atomic E-state index is -3.65. The first-order chi connectivity index (χ1) is 17.5. The zero-order valence-corrected chi connectivity index (χ0v) is 20.5. The minimum Gasteiger partial charge on any atom is -0.497 e. The maximum absolute atomic E-state index is 13.2. The van der Waals surface area contributed by atoms with Gasteiger partial charge in [-0.25, -0.2) is 8.42 Å². The number of aromatic nitrogens is 1. The van der Waals surface area contributed by atoms with E-state index in [1.807, 2.05) is 54.6 Å². The molecule has 1 N–H and O–H groups in total. The second-order valence-electron chi connectivity index (χ2n) is 8.39. The number of benzene rings is 3. The van der Waals surface area contributed by atoms with Gasteiger partial charge < -0.3 is 14.5 Å². The smallest absolute Gasteiger partial charge is 0.243 e. The van der Waals surface area contributed by atoms with Gasteiger partial charge >= 0.3 is 0 Å². The van der Waals surface area contributed by atoms with E-state index < -0.39 is 10.0 Å². The lowest BCUT2D eigenvalue weighted by Gasteiger charge is -2.28. The van der Waals surface area contributed by atoms with Gasteiger partial charge in [-0.2, -0.15) is 14.6 Å². The summed E-state index contributed by atoms with van der Waals surface area (Å²) in [6, 6.07) is 23.9. The second-order valence-corrected chi connectivity index (χ2v) is 10.3. The van der Waals surface area contributed by atoms with Crippen LogP contribution in [0.1, 0.15) is 22.4 Å². The molecule has 0 saturated heterocycles. The molecule has 0 atom stereocenters. The van der Waals surface area contributed by atoms with Crippen molar-refractivity contribution in [2.24, 2.45) is 0 Å². The van der Waals surface area contributed by atoms with Gasteiger partial charge in [0, 0.05) is 25.2 Å². The van der Waals surface area contributed by atoms with E-state index >= 15 is 0 Å². The number of nitrogens with zero attached hydrogens (tertiary/aromatic N) is 3. The lowest BCUT2D eigenvalue weighted by atomic mass is 10.0. The molecule has 0 radical (unpaired) electrons. The van der Waals surface area contributed by atoms with Gasteiger partial charge in [0.15, 0.2) is 0 Å². The van der Waals surface area contributed by atoms with Crippen LogP contribution in [0.3, 0.4) is 0 Å². The van der Waals surface area contributed by atoms with Gasteiger partial charge in [0.1, 0.15) is 11.8 Å². The van der Waals surface area contributed by atoms with Crippen LogP contribution in [0.4, 0.5) is 5.88 Å². The molecule has 1 aromatic heterocycles. The van der Waals surface area contributed by atoms with Crippen LogP contribution in [0, 0.1) is 11.3 Å². The highest BCUT2D eigenvalue weighted by atomic mass is 32.2. The molecule has 182 valence electrons. The molecular weight excluding hydrogens is 476 g/mol. The fraction of sp³-hybridized carbons (Fsp3) is 0.185. The van der Waals surface area contributed by atoms with Crippen LogP contribution in [0.2, 0.25) is 0 Å². The van der Waals surface area contributed by atoms with Crippen molar-refractivity contribution >= 4 is 15.9 Å². The monoisotopic (exact) mass is 500 g/mol. The molecule has 2 heterocycles. The van der Waals surface area contributed by atoms with E-state index in [-0.39, 0.29) is 22.4 Å². The van der Waals surface area contributed by atoms with Gasteiger partial charge in [-0.05, 0) is 59.5 Å². The predicted molar refractivity (Wildman–Crippen MR) is 135 cm³/mol. The number of nitriles is 1. The number of rotatable bonds is 7. The first kappa shape index (κ1) is 23.6. The molecule has 5 rings (SSSR count). The van der Waals surface area contributed by atoms with E-state index in [4.69, 9.17) is 9.15 Å². The highest BCUT2D eigenvalue weighted by Gasteiger charge is 2.28.